The van der Waals surface area contributed by atoms with Crippen molar-refractivity contribution in [2.45, 2.75) is 0 Å². The van der Waals surface area contributed by atoms with Gasteiger partial charge in [0.2, 0.25) is 5.43 Å². The molecule has 0 saturated carbocycles. The second kappa shape index (κ2) is 6.60. The van der Waals surface area contributed by atoms with Gasteiger partial charge in [0, 0.05) is 6.07 Å². The first-order valence-corrected chi connectivity index (χ1v) is 9.08. The fourth-order valence-electron chi connectivity index (χ4n) is 3.50. The lowest BCUT2D eigenvalue weighted by molar-refractivity contribution is 0.171. The summed E-state index contributed by atoms with van der Waals surface area (Å²) in [5.41, 5.74) is 2.53. The van der Waals surface area contributed by atoms with Crippen LogP contribution in [0.1, 0.15) is 0 Å². The van der Waals surface area contributed by atoms with Crippen molar-refractivity contribution in [2.24, 2.45) is 0 Å². The van der Waals surface area contributed by atoms with Crippen LogP contribution in [0, 0.1) is 0 Å². The quantitative estimate of drug-likeness (QED) is 0.532. The zero-order valence-electron chi connectivity index (χ0n) is 15.2. The predicted molar refractivity (Wildman–Crippen MR) is 108 cm³/mol. The summed E-state index contributed by atoms with van der Waals surface area (Å²) in [6, 6.07) is 15.6. The van der Waals surface area contributed by atoms with E-state index in [0.717, 1.165) is 17.2 Å². The molecule has 144 valence electrons. The molecule has 6 nitrogen and oxygen atoms in total. The third-order valence-corrected chi connectivity index (χ3v) is 4.89. The minimum Gasteiger partial charge on any atom is -0.508 e. The molecule has 1 aromatic heterocycles. The SMILES string of the molecule is O=c1c(-c2cccc(-c3ccc4c(c3)OCCO4)c2)coc2c(O)cc(O)cc12. The molecule has 4 aromatic rings. The lowest BCUT2D eigenvalue weighted by atomic mass is 9.99. The van der Waals surface area contributed by atoms with Crippen molar-refractivity contribution < 1.29 is 24.1 Å². The fraction of sp³-hybridized carbons (Fsp3) is 0.0870. The highest BCUT2D eigenvalue weighted by Crippen LogP contribution is 2.36. The lowest BCUT2D eigenvalue weighted by Crippen LogP contribution is -2.15. The normalized spacial score (nSPS) is 12.8. The molecule has 2 heterocycles. The Labute approximate surface area is 165 Å². The van der Waals surface area contributed by atoms with E-state index in [0.29, 0.717) is 35.8 Å². The molecule has 0 saturated heterocycles. The maximum Gasteiger partial charge on any atom is 0.200 e. The summed E-state index contributed by atoms with van der Waals surface area (Å²) in [6.45, 7) is 1.04. The Bertz CT molecular complexity index is 1300. The van der Waals surface area contributed by atoms with Crippen molar-refractivity contribution in [3.63, 3.8) is 0 Å². The Kier molecular flexibility index (Phi) is 3.91. The molecule has 1 aliphatic heterocycles. The van der Waals surface area contributed by atoms with E-state index in [-0.39, 0.29) is 27.9 Å². The Morgan fingerprint density at radius 3 is 2.41 bits per heavy atom. The number of phenols is 2. The molecule has 0 spiro atoms. The van der Waals surface area contributed by atoms with E-state index in [2.05, 4.69) is 0 Å². The van der Waals surface area contributed by atoms with E-state index in [4.69, 9.17) is 13.9 Å². The average Bonchev–Trinajstić information content (AvgIpc) is 2.74. The van der Waals surface area contributed by atoms with Gasteiger partial charge in [-0.25, -0.2) is 0 Å². The molecule has 5 rings (SSSR count). The van der Waals surface area contributed by atoms with Crippen LogP contribution in [0.25, 0.3) is 33.2 Å². The summed E-state index contributed by atoms with van der Waals surface area (Å²) in [7, 11) is 0. The molecule has 0 amide bonds. The van der Waals surface area contributed by atoms with E-state index in [1.54, 1.807) is 0 Å². The minimum atomic E-state index is -0.336. The Balaban J connectivity index is 1.62. The zero-order valence-corrected chi connectivity index (χ0v) is 15.2. The first kappa shape index (κ1) is 17.2. The van der Waals surface area contributed by atoms with Gasteiger partial charge in [-0.15, -0.1) is 0 Å². The highest BCUT2D eigenvalue weighted by atomic mass is 16.6. The predicted octanol–water partition coefficient (Wildman–Crippen LogP) is 4.31. The molecule has 0 bridgehead atoms. The van der Waals surface area contributed by atoms with Crippen molar-refractivity contribution in [1.29, 1.82) is 0 Å². The van der Waals surface area contributed by atoms with Crippen LogP contribution in [-0.2, 0) is 0 Å². The van der Waals surface area contributed by atoms with Gasteiger partial charge in [0.15, 0.2) is 22.8 Å². The average molecular weight is 388 g/mol. The maximum atomic E-state index is 13.0. The van der Waals surface area contributed by atoms with Gasteiger partial charge in [-0.05, 0) is 41.0 Å². The molecule has 0 unspecified atom stereocenters. The lowest BCUT2D eigenvalue weighted by Gasteiger charge is -2.19. The molecule has 3 aromatic carbocycles. The molecule has 2 N–H and O–H groups in total. The fourth-order valence-corrected chi connectivity index (χ4v) is 3.50. The van der Waals surface area contributed by atoms with Crippen LogP contribution >= 0.6 is 0 Å². The number of hydrogen-bond donors (Lipinski definition) is 2. The third-order valence-electron chi connectivity index (χ3n) is 4.89. The first-order valence-electron chi connectivity index (χ1n) is 9.08. The summed E-state index contributed by atoms with van der Waals surface area (Å²) in [5.74, 6) is 0.916. The van der Waals surface area contributed by atoms with Crippen LogP contribution in [0.4, 0.5) is 0 Å². The Morgan fingerprint density at radius 2 is 1.55 bits per heavy atom. The molecule has 0 aliphatic carbocycles. The van der Waals surface area contributed by atoms with Crippen LogP contribution in [0.15, 0.2) is 70.1 Å². The van der Waals surface area contributed by atoms with Crippen molar-refractivity contribution in [3.05, 3.63) is 71.1 Å². The number of ether oxygens (including phenoxy) is 2. The van der Waals surface area contributed by atoms with E-state index in [1.165, 1.54) is 12.3 Å². The topological polar surface area (TPSA) is 89.1 Å². The smallest absolute Gasteiger partial charge is 0.200 e. The number of fused-ring (bicyclic) bond motifs is 2. The van der Waals surface area contributed by atoms with Crippen LogP contribution in [0.5, 0.6) is 23.0 Å². The summed E-state index contributed by atoms with van der Waals surface area (Å²) in [6.07, 6.45) is 1.32. The van der Waals surface area contributed by atoms with Crippen molar-refractivity contribution in [3.8, 4) is 45.3 Å². The maximum absolute atomic E-state index is 13.0. The van der Waals surface area contributed by atoms with E-state index < -0.39 is 0 Å². The molecule has 0 radical (unpaired) electrons. The molecule has 6 heteroatoms. The molecular weight excluding hydrogens is 372 g/mol. The number of aromatic hydroxyl groups is 2. The van der Waals surface area contributed by atoms with E-state index in [1.807, 2.05) is 42.5 Å². The molecular formula is C23H16O6. The van der Waals surface area contributed by atoms with Gasteiger partial charge in [-0.3, -0.25) is 4.79 Å². The summed E-state index contributed by atoms with van der Waals surface area (Å²) >= 11 is 0. The second-order valence-corrected chi connectivity index (χ2v) is 6.76. The molecule has 0 fully saturated rings. The van der Waals surface area contributed by atoms with Crippen LogP contribution < -0.4 is 14.9 Å². The summed E-state index contributed by atoms with van der Waals surface area (Å²) in [4.78, 5) is 13.0. The van der Waals surface area contributed by atoms with E-state index >= 15 is 0 Å². The van der Waals surface area contributed by atoms with Gasteiger partial charge < -0.3 is 24.1 Å². The van der Waals surface area contributed by atoms with Crippen molar-refractivity contribution in [1.82, 2.24) is 0 Å². The van der Waals surface area contributed by atoms with Gasteiger partial charge >= 0.3 is 0 Å². The highest BCUT2D eigenvalue weighted by Gasteiger charge is 2.15. The van der Waals surface area contributed by atoms with Crippen LogP contribution in [0.3, 0.4) is 0 Å². The largest absolute Gasteiger partial charge is 0.508 e. The minimum absolute atomic E-state index is 0.0412. The van der Waals surface area contributed by atoms with Crippen molar-refractivity contribution >= 4 is 11.0 Å². The van der Waals surface area contributed by atoms with Gasteiger partial charge in [0.05, 0.1) is 10.9 Å². The third kappa shape index (κ3) is 2.95. The number of benzene rings is 3. The van der Waals surface area contributed by atoms with Crippen LogP contribution in [-0.4, -0.2) is 23.4 Å². The zero-order chi connectivity index (χ0) is 20.0. The molecule has 1 aliphatic rings. The second-order valence-electron chi connectivity index (χ2n) is 6.76. The summed E-state index contributed by atoms with van der Waals surface area (Å²) < 4.78 is 16.7. The first-order chi connectivity index (χ1) is 14.1. The van der Waals surface area contributed by atoms with Gasteiger partial charge in [-0.1, -0.05) is 24.3 Å². The van der Waals surface area contributed by atoms with E-state index in [9.17, 15) is 15.0 Å². The standard InChI is InChI=1S/C23H16O6/c24-16-10-17-22(26)18(12-29-23(17)19(25)11-16)15-3-1-2-13(8-15)14-4-5-20-21(9-14)28-7-6-27-20/h1-5,8-12,24-25H,6-7H2. The van der Waals surface area contributed by atoms with Gasteiger partial charge in [-0.2, -0.15) is 0 Å². The van der Waals surface area contributed by atoms with Crippen LogP contribution in [0.2, 0.25) is 0 Å². The Morgan fingerprint density at radius 1 is 0.793 bits per heavy atom. The number of phenolic OH excluding ortho intramolecular Hbond substituents is 2. The Hall–Kier alpha value is -3.93. The molecule has 0 atom stereocenters. The monoisotopic (exact) mass is 388 g/mol. The van der Waals surface area contributed by atoms with Gasteiger partial charge in [0.1, 0.15) is 25.2 Å². The highest BCUT2D eigenvalue weighted by molar-refractivity contribution is 5.87. The summed E-state index contributed by atoms with van der Waals surface area (Å²) in [5, 5.41) is 19.8. The molecule has 29 heavy (non-hydrogen) atoms. The number of rotatable bonds is 2. The van der Waals surface area contributed by atoms with Crippen molar-refractivity contribution in [2.75, 3.05) is 13.2 Å². The van der Waals surface area contributed by atoms with Gasteiger partial charge in [0.25, 0.3) is 0 Å². The number of hydrogen-bond acceptors (Lipinski definition) is 6.